The van der Waals surface area contributed by atoms with Crippen LogP contribution < -0.4 is 0 Å². The van der Waals surface area contributed by atoms with E-state index < -0.39 is 0 Å². The number of unbranched alkanes of at least 4 members (excludes halogenated alkanes) is 4. The van der Waals surface area contributed by atoms with Gasteiger partial charge in [0.1, 0.15) is 0 Å². The van der Waals surface area contributed by atoms with Crippen LogP contribution in [0.5, 0.6) is 0 Å². The fourth-order valence-electron chi connectivity index (χ4n) is 1.28. The monoisotopic (exact) mass is 171 g/mol. The third-order valence-electron chi connectivity index (χ3n) is 2.35. The lowest BCUT2D eigenvalue weighted by atomic mass is 9.88. The van der Waals surface area contributed by atoms with Crippen LogP contribution >= 0.6 is 0 Å². The smallest absolute Gasteiger partial charge is 0.0873 e. The Morgan fingerprint density at radius 3 is 2.08 bits per heavy atom. The second kappa shape index (κ2) is 6.47. The predicted octanol–water partition coefficient (Wildman–Crippen LogP) is 3.80. The number of rotatable bonds is 7. The van der Waals surface area contributed by atoms with Crippen LogP contribution in [0.3, 0.4) is 0 Å². The Labute approximate surface area is 77.2 Å². The molecule has 0 fully saturated rings. The van der Waals surface area contributed by atoms with E-state index in [-0.39, 0.29) is 12.0 Å². The van der Waals surface area contributed by atoms with E-state index in [0.717, 1.165) is 6.42 Å². The predicted molar refractivity (Wildman–Crippen MR) is 52.7 cm³/mol. The van der Waals surface area contributed by atoms with E-state index in [9.17, 15) is 5.11 Å². The van der Waals surface area contributed by atoms with Crippen LogP contribution in [0.15, 0.2) is 0 Å². The molecule has 1 heteroatoms. The summed E-state index contributed by atoms with van der Waals surface area (Å²) in [7, 11) is 0. The fourth-order valence-corrected chi connectivity index (χ4v) is 1.28. The van der Waals surface area contributed by atoms with Gasteiger partial charge in [-0.1, -0.05) is 52.9 Å². The van der Waals surface area contributed by atoms with Crippen LogP contribution in [-0.4, -0.2) is 6.61 Å². The molecule has 0 heterocycles. The normalized spacial score (nSPS) is 12.0. The van der Waals surface area contributed by atoms with Gasteiger partial charge >= 0.3 is 0 Å². The van der Waals surface area contributed by atoms with E-state index in [1.54, 1.807) is 0 Å². The van der Waals surface area contributed by atoms with Crippen LogP contribution in [0, 0.1) is 5.41 Å². The third kappa shape index (κ3) is 6.66. The largest absolute Gasteiger partial charge is 0.236 e. The molecule has 0 bridgehead atoms. The van der Waals surface area contributed by atoms with Crippen molar-refractivity contribution in [3.05, 3.63) is 0 Å². The molecule has 0 amide bonds. The molecule has 0 atom stereocenters. The molecule has 0 spiro atoms. The summed E-state index contributed by atoms with van der Waals surface area (Å²) in [5, 5.41) is 10.7. The number of hydrogen-bond donors (Lipinski definition) is 0. The van der Waals surface area contributed by atoms with Gasteiger partial charge in [-0.05, 0) is 11.8 Å². The average Bonchev–Trinajstić information content (AvgIpc) is 2.04. The van der Waals surface area contributed by atoms with Gasteiger partial charge in [0.05, 0.1) is 6.61 Å². The molecular weight excluding hydrogens is 148 g/mol. The maximum Gasteiger partial charge on any atom is 0.0873 e. The van der Waals surface area contributed by atoms with Crippen LogP contribution in [0.1, 0.15) is 59.3 Å². The molecule has 0 aliphatic carbocycles. The molecule has 0 rings (SSSR count). The molecule has 0 saturated carbocycles. The highest BCUT2D eigenvalue weighted by molar-refractivity contribution is 4.66. The van der Waals surface area contributed by atoms with Gasteiger partial charge in [0.2, 0.25) is 0 Å². The Hall–Kier alpha value is -0.0400. The van der Waals surface area contributed by atoms with Crippen LogP contribution in [0.2, 0.25) is 0 Å². The van der Waals surface area contributed by atoms with Crippen molar-refractivity contribution in [2.45, 2.75) is 59.3 Å². The first-order valence-corrected chi connectivity index (χ1v) is 5.20. The van der Waals surface area contributed by atoms with Crippen molar-refractivity contribution in [3.8, 4) is 0 Å². The lowest BCUT2D eigenvalue weighted by Crippen LogP contribution is -2.15. The van der Waals surface area contributed by atoms with E-state index in [1.807, 2.05) is 0 Å². The second-order valence-corrected chi connectivity index (χ2v) is 4.47. The highest BCUT2D eigenvalue weighted by atomic mass is 16.3. The van der Waals surface area contributed by atoms with Crippen molar-refractivity contribution in [3.63, 3.8) is 0 Å². The van der Waals surface area contributed by atoms with Crippen molar-refractivity contribution in [2.75, 3.05) is 6.61 Å². The minimum Gasteiger partial charge on any atom is -0.236 e. The van der Waals surface area contributed by atoms with E-state index in [1.165, 1.54) is 32.1 Å². The first-order valence-electron chi connectivity index (χ1n) is 5.20. The van der Waals surface area contributed by atoms with Gasteiger partial charge in [-0.25, -0.2) is 5.11 Å². The second-order valence-electron chi connectivity index (χ2n) is 4.47. The first-order chi connectivity index (χ1) is 5.62. The maximum absolute atomic E-state index is 10.7. The minimum absolute atomic E-state index is 0.0339. The molecule has 1 nitrogen and oxygen atoms in total. The van der Waals surface area contributed by atoms with Gasteiger partial charge < -0.3 is 0 Å². The maximum atomic E-state index is 10.7. The molecule has 0 saturated heterocycles. The summed E-state index contributed by atoms with van der Waals surface area (Å²) in [6.45, 7) is 6.43. The van der Waals surface area contributed by atoms with Crippen molar-refractivity contribution in [1.29, 1.82) is 0 Å². The van der Waals surface area contributed by atoms with E-state index in [4.69, 9.17) is 0 Å². The lowest BCUT2D eigenvalue weighted by molar-refractivity contribution is 0.0850. The topological polar surface area (TPSA) is 19.9 Å². The fraction of sp³-hybridized carbons (Fsp3) is 1.00. The lowest BCUT2D eigenvalue weighted by Gasteiger charge is -2.19. The Morgan fingerprint density at radius 1 is 1.00 bits per heavy atom. The van der Waals surface area contributed by atoms with E-state index >= 15 is 0 Å². The Kier molecular flexibility index (Phi) is 6.45. The molecule has 0 aliphatic heterocycles. The molecule has 0 N–H and O–H groups in total. The highest BCUT2D eigenvalue weighted by Crippen LogP contribution is 2.22. The van der Waals surface area contributed by atoms with Crippen LogP contribution in [-0.2, 0) is 5.11 Å². The quantitative estimate of drug-likeness (QED) is 0.519. The third-order valence-corrected chi connectivity index (χ3v) is 2.35. The zero-order valence-electron chi connectivity index (χ0n) is 8.86. The van der Waals surface area contributed by atoms with Crippen molar-refractivity contribution >= 4 is 0 Å². The zero-order chi connectivity index (χ0) is 9.45. The minimum atomic E-state index is 0.0339. The van der Waals surface area contributed by atoms with Gasteiger partial charge in [-0.15, -0.1) is 0 Å². The molecule has 0 aromatic carbocycles. The molecule has 0 unspecified atom stereocenters. The summed E-state index contributed by atoms with van der Waals surface area (Å²) < 4.78 is 0. The van der Waals surface area contributed by atoms with Gasteiger partial charge in [-0.3, -0.25) is 0 Å². The molecule has 12 heavy (non-hydrogen) atoms. The van der Waals surface area contributed by atoms with Crippen LogP contribution in [0.4, 0.5) is 0 Å². The summed E-state index contributed by atoms with van der Waals surface area (Å²) >= 11 is 0. The summed E-state index contributed by atoms with van der Waals surface area (Å²) in [6, 6.07) is 0. The highest BCUT2D eigenvalue weighted by Gasteiger charge is 2.15. The SMILES string of the molecule is CCCCCCCC(C)(C)C[O]. The number of hydrogen-bond acceptors (Lipinski definition) is 0. The molecule has 73 valence electrons. The Bertz CT molecular complexity index is 97.2. The average molecular weight is 171 g/mol. The summed E-state index contributed by atoms with van der Waals surface area (Å²) in [5.41, 5.74) is 0.0339. The molecule has 0 aromatic rings. The van der Waals surface area contributed by atoms with Gasteiger partial charge in [0, 0.05) is 0 Å². The Balaban J connectivity index is 3.19. The molecule has 0 aromatic heterocycles. The molecular formula is C11H23O. The van der Waals surface area contributed by atoms with Crippen molar-refractivity contribution in [2.24, 2.45) is 5.41 Å². The summed E-state index contributed by atoms with van der Waals surface area (Å²) in [6.07, 6.45) is 7.61. The standard InChI is InChI=1S/C11H23O/c1-4-5-6-7-8-9-11(2,3)10-12/h4-10H2,1-3H3. The van der Waals surface area contributed by atoms with Gasteiger partial charge in [0.15, 0.2) is 0 Å². The van der Waals surface area contributed by atoms with Gasteiger partial charge in [-0.2, -0.15) is 0 Å². The summed E-state index contributed by atoms with van der Waals surface area (Å²) in [5.74, 6) is 0. The van der Waals surface area contributed by atoms with Gasteiger partial charge in [0.25, 0.3) is 0 Å². The molecule has 1 radical (unpaired) electrons. The van der Waals surface area contributed by atoms with E-state index in [2.05, 4.69) is 20.8 Å². The van der Waals surface area contributed by atoms with Crippen molar-refractivity contribution < 1.29 is 5.11 Å². The van der Waals surface area contributed by atoms with Crippen molar-refractivity contribution in [1.82, 2.24) is 0 Å². The zero-order valence-corrected chi connectivity index (χ0v) is 8.86. The molecule has 0 aliphatic rings. The van der Waals surface area contributed by atoms with Crippen LogP contribution in [0.25, 0.3) is 0 Å². The first kappa shape index (κ1) is 12.0. The Morgan fingerprint density at radius 2 is 1.58 bits per heavy atom. The van der Waals surface area contributed by atoms with E-state index in [0.29, 0.717) is 0 Å². The summed E-state index contributed by atoms with van der Waals surface area (Å²) in [4.78, 5) is 0.